The number of morpholine rings is 1. The molecule has 2 unspecified atom stereocenters. The Kier molecular flexibility index (Phi) is 10.8. The van der Waals surface area contributed by atoms with Crippen molar-refractivity contribution in [2.45, 2.75) is 84.8 Å². The summed E-state index contributed by atoms with van der Waals surface area (Å²) in [4.78, 5) is 34.5. The van der Waals surface area contributed by atoms with E-state index >= 15 is 0 Å². The highest BCUT2D eigenvalue weighted by Crippen LogP contribution is 2.26. The van der Waals surface area contributed by atoms with Crippen molar-refractivity contribution in [2.24, 2.45) is 10.4 Å². The Hall–Kier alpha value is -2.38. The highest BCUT2D eigenvalue weighted by molar-refractivity contribution is 5.95. The molecule has 0 saturated carbocycles. The van der Waals surface area contributed by atoms with Crippen LogP contribution in [-0.2, 0) is 9.53 Å². The van der Waals surface area contributed by atoms with Gasteiger partial charge >= 0.3 is 6.03 Å². The second-order valence-corrected chi connectivity index (χ2v) is 10.7. The van der Waals surface area contributed by atoms with E-state index in [4.69, 9.17) is 4.74 Å². The van der Waals surface area contributed by atoms with Crippen LogP contribution in [-0.4, -0.2) is 91.3 Å². The molecule has 2 aliphatic heterocycles. The van der Waals surface area contributed by atoms with E-state index in [0.29, 0.717) is 64.2 Å². The van der Waals surface area contributed by atoms with Gasteiger partial charge in [-0.2, -0.15) is 10.3 Å². The summed E-state index contributed by atoms with van der Waals surface area (Å²) in [5.41, 5.74) is -1.10. The number of urea groups is 1. The molecule has 2 heterocycles. The summed E-state index contributed by atoms with van der Waals surface area (Å²) in [6, 6.07) is 1.70. The van der Waals surface area contributed by atoms with Gasteiger partial charge in [-0.1, -0.05) is 34.6 Å². The maximum Gasteiger partial charge on any atom is 0.344 e. The predicted molar refractivity (Wildman–Crippen MR) is 137 cm³/mol. The van der Waals surface area contributed by atoms with E-state index in [1.165, 1.54) is 0 Å². The van der Waals surface area contributed by atoms with Crippen molar-refractivity contribution in [2.75, 3.05) is 45.9 Å². The maximum atomic E-state index is 13.6. The highest BCUT2D eigenvalue weighted by atomic mass is 16.5. The number of hydrogen-bond acceptors (Lipinski definition) is 5. The van der Waals surface area contributed by atoms with Crippen LogP contribution in [0.15, 0.2) is 4.99 Å². The minimum absolute atomic E-state index is 0.173. The lowest BCUT2D eigenvalue weighted by Crippen LogP contribution is -2.59. The molecule has 2 fully saturated rings. The molecular weight excluding hydrogens is 446 g/mol. The molecule has 198 valence electrons. The van der Waals surface area contributed by atoms with Gasteiger partial charge in [0.25, 0.3) is 0 Å². The van der Waals surface area contributed by atoms with Crippen LogP contribution in [0.5, 0.6) is 0 Å². The third-order valence-corrected chi connectivity index (χ3v) is 6.62. The Bertz CT molecular complexity index is 779. The van der Waals surface area contributed by atoms with Gasteiger partial charge in [-0.05, 0) is 38.0 Å². The first-order valence-corrected chi connectivity index (χ1v) is 13.0. The van der Waals surface area contributed by atoms with Gasteiger partial charge in [0.1, 0.15) is 11.6 Å². The van der Waals surface area contributed by atoms with E-state index in [9.17, 15) is 14.9 Å². The zero-order valence-corrected chi connectivity index (χ0v) is 22.4. The molecule has 0 aromatic carbocycles. The van der Waals surface area contributed by atoms with Crippen LogP contribution >= 0.6 is 0 Å². The van der Waals surface area contributed by atoms with Crippen molar-refractivity contribution < 1.29 is 14.3 Å². The summed E-state index contributed by atoms with van der Waals surface area (Å²) in [7, 11) is 0. The monoisotopic (exact) mass is 491 g/mol. The Labute approximate surface area is 210 Å². The fourth-order valence-electron chi connectivity index (χ4n) is 4.73. The second kappa shape index (κ2) is 13.1. The molecule has 3 amide bonds. The summed E-state index contributed by atoms with van der Waals surface area (Å²) in [6.07, 6.45) is 3.13. The molecule has 35 heavy (non-hydrogen) atoms. The summed E-state index contributed by atoms with van der Waals surface area (Å²) < 4.78 is 5.45. The van der Waals surface area contributed by atoms with E-state index in [-0.39, 0.29) is 11.3 Å². The van der Waals surface area contributed by atoms with E-state index in [2.05, 4.69) is 66.5 Å². The van der Waals surface area contributed by atoms with Gasteiger partial charge in [0.2, 0.25) is 11.9 Å². The predicted octanol–water partition coefficient (Wildman–Crippen LogP) is 2.07. The molecule has 0 radical (unpaired) electrons. The van der Waals surface area contributed by atoms with Crippen LogP contribution in [0, 0.1) is 16.7 Å². The zero-order chi connectivity index (χ0) is 26.1. The van der Waals surface area contributed by atoms with Gasteiger partial charge in [-0.3, -0.25) is 9.69 Å². The number of carbonyl (C=O) groups excluding carboxylic acids is 2. The van der Waals surface area contributed by atoms with E-state index in [1.807, 2.05) is 11.8 Å². The standard InChI is InChI=1S/C25H45N7O3/c1-7-19(8-2)32-11-10-25(17-26,18-32)30-21(33)20(16-24(4,5)6)28-22(29-23(34)27-9-3)31-12-14-35-15-13-31/h19-20H,7-16,18H2,1-6H3,(H,30,33)(H2,27,28,29,34). The number of rotatable bonds is 8. The Morgan fingerprint density at radius 1 is 1.14 bits per heavy atom. The van der Waals surface area contributed by atoms with Gasteiger partial charge < -0.3 is 25.6 Å². The summed E-state index contributed by atoms with van der Waals surface area (Å²) in [6.45, 7) is 16.3. The molecule has 10 heteroatoms. The van der Waals surface area contributed by atoms with Crippen LogP contribution in [0.25, 0.3) is 0 Å². The molecule has 0 spiro atoms. The molecule has 2 rings (SSSR count). The third-order valence-electron chi connectivity index (χ3n) is 6.62. The topological polar surface area (TPSA) is 122 Å². The fraction of sp³-hybridized carbons (Fsp3) is 0.840. The zero-order valence-electron chi connectivity index (χ0n) is 22.4. The molecule has 2 aliphatic rings. The minimum Gasteiger partial charge on any atom is -0.378 e. The smallest absolute Gasteiger partial charge is 0.344 e. The number of likely N-dealkylation sites (tertiary alicyclic amines) is 1. The first kappa shape index (κ1) is 28.9. The van der Waals surface area contributed by atoms with E-state index < -0.39 is 17.6 Å². The molecule has 0 aromatic rings. The average Bonchev–Trinajstić information content (AvgIpc) is 3.23. The molecule has 10 nitrogen and oxygen atoms in total. The molecule has 0 aliphatic carbocycles. The number of aliphatic imine (C=N–C) groups is 1. The number of ether oxygens (including phenoxy) is 1. The summed E-state index contributed by atoms with van der Waals surface area (Å²) in [5, 5.41) is 19.1. The van der Waals surface area contributed by atoms with E-state index in [0.717, 1.165) is 19.4 Å². The average molecular weight is 492 g/mol. The molecule has 0 aromatic heterocycles. The van der Waals surface area contributed by atoms with Gasteiger partial charge in [0, 0.05) is 38.8 Å². The van der Waals surface area contributed by atoms with E-state index in [1.54, 1.807) is 0 Å². The number of nitrogens with one attached hydrogen (secondary N) is 3. The van der Waals surface area contributed by atoms with Crippen molar-refractivity contribution in [1.82, 2.24) is 25.8 Å². The van der Waals surface area contributed by atoms with Crippen LogP contribution in [0.1, 0.15) is 67.2 Å². The molecule has 3 N–H and O–H groups in total. The minimum atomic E-state index is -0.923. The second-order valence-electron chi connectivity index (χ2n) is 10.7. The first-order valence-electron chi connectivity index (χ1n) is 13.0. The number of hydrogen-bond donors (Lipinski definition) is 3. The fourth-order valence-corrected chi connectivity index (χ4v) is 4.73. The first-order chi connectivity index (χ1) is 16.6. The maximum absolute atomic E-state index is 13.6. The quantitative estimate of drug-likeness (QED) is 0.351. The number of guanidine groups is 1. The van der Waals surface area contributed by atoms with Gasteiger partial charge in [0.05, 0.1) is 19.3 Å². The number of nitriles is 1. The van der Waals surface area contributed by atoms with Gasteiger partial charge in [-0.15, -0.1) is 0 Å². The van der Waals surface area contributed by atoms with Gasteiger partial charge in [0.15, 0.2) is 0 Å². The molecule has 2 atom stereocenters. The van der Waals surface area contributed by atoms with Crippen molar-refractivity contribution in [3.8, 4) is 6.07 Å². The Morgan fingerprint density at radius 3 is 2.34 bits per heavy atom. The van der Waals surface area contributed by atoms with Crippen LogP contribution in [0.3, 0.4) is 0 Å². The largest absolute Gasteiger partial charge is 0.378 e. The van der Waals surface area contributed by atoms with Crippen LogP contribution in [0.2, 0.25) is 0 Å². The Balaban J connectivity index is 2.26. The third kappa shape index (κ3) is 8.65. The number of carbonyl (C=O) groups is 2. The lowest BCUT2D eigenvalue weighted by atomic mass is 9.87. The lowest BCUT2D eigenvalue weighted by Gasteiger charge is -2.35. The van der Waals surface area contributed by atoms with Crippen molar-refractivity contribution >= 4 is 17.9 Å². The summed E-state index contributed by atoms with van der Waals surface area (Å²) >= 11 is 0. The van der Waals surface area contributed by atoms with Gasteiger partial charge in [-0.25, -0.2) is 4.79 Å². The summed E-state index contributed by atoms with van der Waals surface area (Å²) in [5.74, 6) is 0.115. The molecule has 2 saturated heterocycles. The SMILES string of the molecule is CCNC(=O)N=C(NC(CC(C)(C)C)C(=O)NC1(C#N)CCN(C(CC)CC)C1)N1CCOCC1. The normalized spacial score (nSPS) is 22.6. The molecular formula is C25H45N7O3. The van der Waals surface area contributed by atoms with Crippen LogP contribution < -0.4 is 16.0 Å². The van der Waals surface area contributed by atoms with Crippen molar-refractivity contribution in [3.63, 3.8) is 0 Å². The molecule has 0 bridgehead atoms. The van der Waals surface area contributed by atoms with Crippen LogP contribution in [0.4, 0.5) is 4.79 Å². The van der Waals surface area contributed by atoms with Crippen molar-refractivity contribution in [3.05, 3.63) is 0 Å². The number of nitrogens with zero attached hydrogens (tertiary/aromatic N) is 4. The van der Waals surface area contributed by atoms with Crippen molar-refractivity contribution in [1.29, 1.82) is 5.26 Å². The lowest BCUT2D eigenvalue weighted by molar-refractivity contribution is -0.124. The number of amides is 3. The highest BCUT2D eigenvalue weighted by Gasteiger charge is 2.43. The Morgan fingerprint density at radius 2 is 1.80 bits per heavy atom.